The molecule has 1 atom stereocenters. The van der Waals surface area contributed by atoms with Gasteiger partial charge in [0.15, 0.2) is 0 Å². The molecule has 3 aliphatic heterocycles. The number of imide groups is 2. The largest absolute Gasteiger partial charge is 0.490 e. The number of rotatable bonds is 14. The summed E-state index contributed by atoms with van der Waals surface area (Å²) in [4.78, 5) is 84.6. The summed E-state index contributed by atoms with van der Waals surface area (Å²) >= 11 is 0. The van der Waals surface area contributed by atoms with Crippen molar-refractivity contribution in [3.05, 3.63) is 65.6 Å². The number of anilines is 3. The average Bonchev–Trinajstić information content (AvgIpc) is 3.95. The molecule has 0 radical (unpaired) electrons. The summed E-state index contributed by atoms with van der Waals surface area (Å²) in [5.74, 6) is -0.934. The van der Waals surface area contributed by atoms with E-state index < -0.39 is 29.7 Å². The summed E-state index contributed by atoms with van der Waals surface area (Å²) in [7, 11) is 3.54. The Morgan fingerprint density at radius 1 is 0.931 bits per heavy atom. The fourth-order valence-electron chi connectivity index (χ4n) is 8.29. The number of aromatic nitrogens is 4. The van der Waals surface area contributed by atoms with E-state index in [0.717, 1.165) is 86.4 Å². The van der Waals surface area contributed by atoms with Crippen LogP contribution in [0.3, 0.4) is 0 Å². The lowest BCUT2D eigenvalue weighted by atomic mass is 10.0. The van der Waals surface area contributed by atoms with Gasteiger partial charge >= 0.3 is 0 Å². The van der Waals surface area contributed by atoms with Gasteiger partial charge in [0.05, 0.1) is 29.6 Å². The quantitative estimate of drug-likeness (QED) is 0.140. The lowest BCUT2D eigenvalue weighted by Crippen LogP contribution is -2.54. The molecular formula is C41H48N10O7. The van der Waals surface area contributed by atoms with Crippen LogP contribution < -0.4 is 20.3 Å². The zero-order chi connectivity index (χ0) is 40.3. The first-order valence-electron chi connectivity index (χ1n) is 20.0. The second-order valence-corrected chi connectivity index (χ2v) is 15.3. The van der Waals surface area contributed by atoms with E-state index in [1.807, 2.05) is 18.3 Å². The Bertz CT molecular complexity index is 2210. The van der Waals surface area contributed by atoms with Gasteiger partial charge in [-0.05, 0) is 56.0 Å². The monoisotopic (exact) mass is 792 g/mol. The van der Waals surface area contributed by atoms with Crippen LogP contribution in [0, 0.1) is 0 Å². The summed E-state index contributed by atoms with van der Waals surface area (Å²) < 4.78 is 13.8. The van der Waals surface area contributed by atoms with Crippen LogP contribution in [-0.4, -0.2) is 136 Å². The average molecular weight is 793 g/mol. The Labute approximate surface area is 335 Å². The molecule has 1 saturated carbocycles. The highest BCUT2D eigenvalue weighted by Gasteiger charge is 2.46. The third-order valence-corrected chi connectivity index (χ3v) is 11.3. The van der Waals surface area contributed by atoms with Crippen LogP contribution in [0.15, 0.2) is 48.8 Å². The Kier molecular flexibility index (Phi) is 11.3. The molecule has 0 spiro atoms. The van der Waals surface area contributed by atoms with Gasteiger partial charge in [0, 0.05) is 77.5 Å². The van der Waals surface area contributed by atoms with E-state index in [1.54, 1.807) is 37.3 Å². The number of nitrogens with one attached hydrogen (secondary N) is 2. The van der Waals surface area contributed by atoms with Gasteiger partial charge in [0.25, 0.3) is 17.7 Å². The molecule has 58 heavy (non-hydrogen) atoms. The summed E-state index contributed by atoms with van der Waals surface area (Å²) in [6, 6.07) is 9.90. The van der Waals surface area contributed by atoms with Crippen molar-refractivity contribution in [1.29, 1.82) is 0 Å². The van der Waals surface area contributed by atoms with Crippen molar-refractivity contribution in [2.24, 2.45) is 0 Å². The van der Waals surface area contributed by atoms with E-state index in [0.29, 0.717) is 30.7 Å². The van der Waals surface area contributed by atoms with Gasteiger partial charge in [-0.15, -0.1) is 0 Å². The highest BCUT2D eigenvalue weighted by Crippen LogP contribution is 2.36. The number of hydrogen-bond donors (Lipinski definition) is 2. The van der Waals surface area contributed by atoms with Gasteiger partial charge in [0.1, 0.15) is 35.6 Å². The van der Waals surface area contributed by atoms with Crippen LogP contribution >= 0.6 is 0 Å². The van der Waals surface area contributed by atoms with E-state index >= 15 is 0 Å². The molecule has 8 rings (SSSR count). The molecule has 1 aromatic carbocycles. The zero-order valence-electron chi connectivity index (χ0n) is 32.8. The minimum Gasteiger partial charge on any atom is -0.490 e. The van der Waals surface area contributed by atoms with Gasteiger partial charge < -0.3 is 29.2 Å². The first-order chi connectivity index (χ1) is 28.2. The van der Waals surface area contributed by atoms with Crippen LogP contribution in [0.4, 0.5) is 17.5 Å². The van der Waals surface area contributed by atoms with Crippen LogP contribution in [0.1, 0.15) is 82.2 Å². The molecule has 4 aromatic rings. The molecule has 5 amide bonds. The molecule has 304 valence electrons. The number of pyridine rings is 1. The smallest absolute Gasteiger partial charge is 0.270 e. The van der Waals surface area contributed by atoms with Crippen molar-refractivity contribution >= 4 is 58.0 Å². The van der Waals surface area contributed by atoms with Crippen LogP contribution in [0.2, 0.25) is 0 Å². The van der Waals surface area contributed by atoms with E-state index in [9.17, 15) is 24.0 Å². The summed E-state index contributed by atoms with van der Waals surface area (Å²) in [5.41, 5.74) is 2.76. The Morgan fingerprint density at radius 2 is 1.74 bits per heavy atom. The molecular weight excluding hydrogens is 745 g/mol. The molecule has 1 aliphatic carbocycles. The maximum Gasteiger partial charge on any atom is 0.270 e. The molecule has 3 fully saturated rings. The Balaban J connectivity index is 0.762. The van der Waals surface area contributed by atoms with Crippen LogP contribution in [0.5, 0.6) is 5.75 Å². The number of piperazine rings is 1. The molecule has 6 heterocycles. The second kappa shape index (κ2) is 16.9. The summed E-state index contributed by atoms with van der Waals surface area (Å²) in [5, 5.41) is 6.31. The number of nitrogens with zero attached hydrogens (tertiary/aromatic N) is 8. The number of piperidine rings is 1. The first-order valence-corrected chi connectivity index (χ1v) is 20.0. The lowest BCUT2D eigenvalue weighted by Gasteiger charge is -2.36. The maximum absolute atomic E-state index is 13.3. The Morgan fingerprint density at radius 3 is 2.48 bits per heavy atom. The predicted octanol–water partition coefficient (Wildman–Crippen LogP) is 3.40. The summed E-state index contributed by atoms with van der Waals surface area (Å²) in [6.45, 7) is 5.52. The number of benzene rings is 1. The normalized spacial score (nSPS) is 18.9. The summed E-state index contributed by atoms with van der Waals surface area (Å²) in [6.07, 6.45) is 8.98. The highest BCUT2D eigenvalue weighted by molar-refractivity contribution is 6.24. The van der Waals surface area contributed by atoms with E-state index in [1.165, 1.54) is 6.07 Å². The molecule has 0 bridgehead atoms. The molecule has 2 N–H and O–H groups in total. The molecule has 17 nitrogen and oxygen atoms in total. The molecule has 2 saturated heterocycles. The van der Waals surface area contributed by atoms with Gasteiger partial charge in [-0.25, -0.2) is 9.97 Å². The van der Waals surface area contributed by atoms with Crippen molar-refractivity contribution in [1.82, 2.24) is 39.5 Å². The zero-order valence-corrected chi connectivity index (χ0v) is 32.8. The van der Waals surface area contributed by atoms with Crippen LogP contribution in [0.25, 0.3) is 11.0 Å². The molecule has 17 heteroatoms. The van der Waals surface area contributed by atoms with Crippen molar-refractivity contribution in [3.8, 4) is 5.75 Å². The fourth-order valence-corrected chi connectivity index (χ4v) is 8.29. The fraction of sp³-hybridized carbons (Fsp3) is 0.463. The van der Waals surface area contributed by atoms with Crippen molar-refractivity contribution in [2.75, 3.05) is 76.9 Å². The van der Waals surface area contributed by atoms with E-state index in [2.05, 4.69) is 41.0 Å². The lowest BCUT2D eigenvalue weighted by molar-refractivity contribution is -0.136. The second-order valence-electron chi connectivity index (χ2n) is 15.3. The predicted molar refractivity (Wildman–Crippen MR) is 213 cm³/mol. The molecule has 1 unspecified atom stereocenters. The van der Waals surface area contributed by atoms with Crippen molar-refractivity contribution in [3.63, 3.8) is 0 Å². The van der Waals surface area contributed by atoms with Crippen molar-refractivity contribution < 1.29 is 33.4 Å². The minimum atomic E-state index is -1.03. The highest BCUT2D eigenvalue weighted by atomic mass is 16.5. The minimum absolute atomic E-state index is 0.0384. The number of hydrogen-bond acceptors (Lipinski definition) is 13. The van der Waals surface area contributed by atoms with E-state index in [4.69, 9.17) is 14.5 Å². The molecule has 4 aliphatic rings. The van der Waals surface area contributed by atoms with Gasteiger partial charge in [0.2, 0.25) is 17.8 Å². The number of amides is 5. The number of carbonyl (C=O) groups excluding carboxylic acids is 5. The van der Waals surface area contributed by atoms with Gasteiger partial charge in [-0.2, -0.15) is 4.98 Å². The Hall–Kier alpha value is -5.94. The topological polar surface area (TPSA) is 184 Å². The molecule has 3 aromatic heterocycles. The number of fused-ring (bicyclic) bond motifs is 2. The SMILES string of the molecule is CN(C)C(=O)c1cc2cnc(Nc3ccc(N4CCN(CCCOCCOc5cccc6c5C(=O)N(C5CCC(=O)NC5=O)C6=O)CC4)cn3)nc2n1C1CCCC1. The first kappa shape index (κ1) is 38.9. The van der Waals surface area contributed by atoms with Crippen LogP contribution in [-0.2, 0) is 14.3 Å². The van der Waals surface area contributed by atoms with Gasteiger partial charge in [-0.1, -0.05) is 18.9 Å². The third-order valence-electron chi connectivity index (χ3n) is 11.3. The standard InChI is InChI=1S/C41H48N10O7/c1-47(2)39(55)31-23-26-24-43-41(46-36(26)50(31)27-7-3-4-8-27)44-33-13-11-28(25-42-33)49-18-16-48(17-19-49)15-6-20-57-21-22-58-32-10-5-9-29-35(32)40(56)51(38(29)54)30-12-14-34(52)45-37(30)53/h5,9-11,13,23-25,27,30H,3-4,6-8,12,14-22H2,1-2H3,(H,45,52,53)(H,42,43,44,46). The maximum atomic E-state index is 13.3. The van der Waals surface area contributed by atoms with Gasteiger partial charge in [-0.3, -0.25) is 39.1 Å². The number of ether oxygens (including phenoxy) is 2. The van der Waals surface area contributed by atoms with E-state index in [-0.39, 0.29) is 48.3 Å². The third kappa shape index (κ3) is 7.96. The van der Waals surface area contributed by atoms with Crippen molar-refractivity contribution in [2.45, 2.75) is 57.0 Å². The number of carbonyl (C=O) groups is 5.